The smallest absolute Gasteiger partial charge is 0.332 e. The Balaban J connectivity index is 2.10. The lowest BCUT2D eigenvalue weighted by atomic mass is 10.5. The van der Waals surface area contributed by atoms with Crippen LogP contribution in [0.2, 0.25) is 0 Å². The number of hydrogen-bond acceptors (Lipinski definition) is 6. The number of aromatic amines is 1. The molecular weight excluding hydrogens is 278 g/mol. The molecule has 116 valence electrons. The Hall–Kier alpha value is -2.13. The molecule has 2 aromatic rings. The Kier molecular flexibility index (Phi) is 4.76. The van der Waals surface area contributed by atoms with Crippen molar-refractivity contribution < 1.29 is 9.47 Å². The summed E-state index contributed by atoms with van der Waals surface area (Å²) in [5.74, 6) is 0.429. The Morgan fingerprint density at radius 1 is 1.19 bits per heavy atom. The molecule has 0 amide bonds. The molecule has 0 aromatic carbocycles. The van der Waals surface area contributed by atoms with Gasteiger partial charge in [0.1, 0.15) is 0 Å². The minimum atomic E-state index is -0.409. The van der Waals surface area contributed by atoms with E-state index in [0.717, 1.165) is 4.57 Å². The third-order valence-corrected chi connectivity index (χ3v) is 3.07. The summed E-state index contributed by atoms with van der Waals surface area (Å²) in [5, 5.41) is 3.01. The van der Waals surface area contributed by atoms with E-state index in [9.17, 15) is 9.59 Å². The first kappa shape index (κ1) is 15.3. The van der Waals surface area contributed by atoms with Crippen LogP contribution in [0.1, 0.15) is 0 Å². The summed E-state index contributed by atoms with van der Waals surface area (Å²) < 4.78 is 12.5. The normalized spacial score (nSPS) is 11.2. The predicted molar refractivity (Wildman–Crippen MR) is 77.8 cm³/mol. The van der Waals surface area contributed by atoms with Crippen molar-refractivity contribution in [1.82, 2.24) is 19.1 Å². The van der Waals surface area contributed by atoms with Crippen LogP contribution in [0.5, 0.6) is 0 Å². The number of aromatic nitrogens is 4. The number of rotatable bonds is 7. The summed E-state index contributed by atoms with van der Waals surface area (Å²) in [6, 6.07) is 0. The first-order valence-corrected chi connectivity index (χ1v) is 6.52. The lowest BCUT2D eigenvalue weighted by molar-refractivity contribution is 0.0759. The molecule has 0 atom stereocenters. The van der Waals surface area contributed by atoms with E-state index < -0.39 is 11.2 Å². The first-order valence-electron chi connectivity index (χ1n) is 6.52. The minimum Gasteiger partial charge on any atom is -0.382 e. The highest BCUT2D eigenvalue weighted by Gasteiger charge is 2.12. The average Bonchev–Trinajstić information content (AvgIpc) is 2.91. The number of anilines is 1. The fourth-order valence-electron chi connectivity index (χ4n) is 1.90. The number of fused-ring (bicyclic) bond motifs is 1. The van der Waals surface area contributed by atoms with Crippen molar-refractivity contribution in [3.05, 3.63) is 20.8 Å². The van der Waals surface area contributed by atoms with Gasteiger partial charge in [-0.1, -0.05) is 0 Å². The van der Waals surface area contributed by atoms with Crippen LogP contribution < -0.4 is 16.6 Å². The topological polar surface area (TPSA) is 103 Å². The number of H-pyrrole nitrogens is 1. The second-order valence-corrected chi connectivity index (χ2v) is 4.52. The maximum absolute atomic E-state index is 12.0. The molecule has 2 heterocycles. The highest BCUT2D eigenvalue weighted by atomic mass is 16.5. The molecule has 0 aliphatic heterocycles. The van der Waals surface area contributed by atoms with Crippen molar-refractivity contribution in [2.45, 2.75) is 0 Å². The van der Waals surface area contributed by atoms with Crippen LogP contribution in [0.15, 0.2) is 9.59 Å². The van der Waals surface area contributed by atoms with Crippen molar-refractivity contribution in [2.24, 2.45) is 14.1 Å². The van der Waals surface area contributed by atoms with Crippen LogP contribution in [-0.4, -0.2) is 52.6 Å². The second kappa shape index (κ2) is 6.55. The van der Waals surface area contributed by atoms with Gasteiger partial charge in [-0.05, 0) is 0 Å². The molecule has 2 aromatic heterocycles. The number of imidazole rings is 1. The van der Waals surface area contributed by atoms with Crippen LogP contribution in [0, 0.1) is 0 Å². The predicted octanol–water partition coefficient (Wildman–Crippen LogP) is -0.965. The van der Waals surface area contributed by atoms with E-state index in [1.54, 1.807) is 14.2 Å². The molecule has 0 unspecified atom stereocenters. The van der Waals surface area contributed by atoms with Crippen LogP contribution in [0.4, 0.5) is 5.95 Å². The molecule has 0 fully saturated rings. The van der Waals surface area contributed by atoms with Gasteiger partial charge in [0.15, 0.2) is 11.2 Å². The van der Waals surface area contributed by atoms with Crippen molar-refractivity contribution in [3.8, 4) is 0 Å². The number of methoxy groups -OCH3 is 1. The summed E-state index contributed by atoms with van der Waals surface area (Å²) >= 11 is 0. The fourth-order valence-corrected chi connectivity index (χ4v) is 1.90. The van der Waals surface area contributed by atoms with Crippen LogP contribution in [0.3, 0.4) is 0 Å². The fraction of sp³-hybridized carbons (Fsp3) is 0.583. The van der Waals surface area contributed by atoms with E-state index in [4.69, 9.17) is 9.47 Å². The number of nitrogens with zero attached hydrogens (tertiary/aromatic N) is 3. The Labute approximate surface area is 120 Å². The van der Waals surface area contributed by atoms with E-state index in [1.807, 2.05) is 0 Å². The third-order valence-electron chi connectivity index (χ3n) is 3.07. The zero-order valence-electron chi connectivity index (χ0n) is 12.3. The van der Waals surface area contributed by atoms with Gasteiger partial charge in [0.25, 0.3) is 5.56 Å². The maximum atomic E-state index is 12.0. The molecule has 0 spiro atoms. The molecule has 0 radical (unpaired) electrons. The standard InChI is InChI=1S/C12H19N5O4/c1-16-9-8(10(18)17(2)12(16)19)14-11(15-9)13-4-5-21-7-6-20-3/h4-7H2,1-3H3,(H2,13,14,15). The van der Waals surface area contributed by atoms with Gasteiger partial charge in [0.05, 0.1) is 19.8 Å². The molecular formula is C12H19N5O4. The van der Waals surface area contributed by atoms with Gasteiger partial charge in [0.2, 0.25) is 5.95 Å². The Bertz CT molecular complexity index is 730. The number of ether oxygens (including phenoxy) is 2. The maximum Gasteiger partial charge on any atom is 0.332 e. The lowest BCUT2D eigenvalue weighted by Crippen LogP contribution is -2.36. The molecule has 0 aliphatic carbocycles. The van der Waals surface area contributed by atoms with Crippen molar-refractivity contribution >= 4 is 17.1 Å². The minimum absolute atomic E-state index is 0.294. The van der Waals surface area contributed by atoms with Crippen LogP contribution in [-0.2, 0) is 23.6 Å². The van der Waals surface area contributed by atoms with Crippen molar-refractivity contribution in [1.29, 1.82) is 0 Å². The zero-order valence-corrected chi connectivity index (χ0v) is 12.3. The zero-order chi connectivity index (χ0) is 15.4. The average molecular weight is 297 g/mol. The van der Waals surface area contributed by atoms with Gasteiger partial charge < -0.3 is 19.8 Å². The van der Waals surface area contributed by atoms with Crippen LogP contribution in [0.25, 0.3) is 11.2 Å². The molecule has 0 bridgehead atoms. The van der Waals surface area contributed by atoms with Crippen LogP contribution >= 0.6 is 0 Å². The summed E-state index contributed by atoms with van der Waals surface area (Å²) in [5.41, 5.74) is -0.188. The Morgan fingerprint density at radius 3 is 2.67 bits per heavy atom. The SMILES string of the molecule is COCCOCCNc1nc2c([nH]1)c(=O)n(C)c(=O)n2C. The first-order chi connectivity index (χ1) is 10.1. The Morgan fingerprint density at radius 2 is 1.95 bits per heavy atom. The molecule has 2 rings (SSSR count). The van der Waals surface area contributed by atoms with Gasteiger partial charge in [-0.15, -0.1) is 0 Å². The van der Waals surface area contributed by atoms with Gasteiger partial charge in [-0.25, -0.2) is 4.79 Å². The quantitative estimate of drug-likeness (QED) is 0.638. The number of aryl methyl sites for hydroxylation is 1. The largest absolute Gasteiger partial charge is 0.382 e. The summed E-state index contributed by atoms with van der Waals surface area (Å²) in [7, 11) is 4.62. The molecule has 0 saturated heterocycles. The third kappa shape index (κ3) is 3.14. The van der Waals surface area contributed by atoms with E-state index in [0.29, 0.717) is 43.5 Å². The number of nitrogens with one attached hydrogen (secondary N) is 2. The molecule has 9 nitrogen and oxygen atoms in total. The van der Waals surface area contributed by atoms with E-state index in [2.05, 4.69) is 15.3 Å². The number of hydrogen-bond donors (Lipinski definition) is 2. The lowest BCUT2D eigenvalue weighted by Gasteiger charge is -2.04. The highest BCUT2D eigenvalue weighted by molar-refractivity contribution is 5.72. The van der Waals surface area contributed by atoms with E-state index in [1.165, 1.54) is 11.6 Å². The van der Waals surface area contributed by atoms with Gasteiger partial charge in [-0.3, -0.25) is 13.9 Å². The summed E-state index contributed by atoms with van der Waals surface area (Å²) in [6.45, 7) is 2.07. The van der Waals surface area contributed by atoms with Crippen molar-refractivity contribution in [2.75, 3.05) is 38.8 Å². The monoisotopic (exact) mass is 297 g/mol. The summed E-state index contributed by atoms with van der Waals surface area (Å²) in [4.78, 5) is 30.9. The second-order valence-electron chi connectivity index (χ2n) is 4.52. The van der Waals surface area contributed by atoms with E-state index in [-0.39, 0.29) is 0 Å². The molecule has 21 heavy (non-hydrogen) atoms. The molecule has 0 aliphatic rings. The van der Waals surface area contributed by atoms with Crippen molar-refractivity contribution in [3.63, 3.8) is 0 Å². The molecule has 9 heteroatoms. The van der Waals surface area contributed by atoms with Gasteiger partial charge in [-0.2, -0.15) is 4.98 Å². The summed E-state index contributed by atoms with van der Waals surface area (Å²) in [6.07, 6.45) is 0. The molecule has 0 saturated carbocycles. The van der Waals surface area contributed by atoms with Gasteiger partial charge in [0, 0.05) is 27.7 Å². The van der Waals surface area contributed by atoms with E-state index >= 15 is 0 Å². The van der Waals surface area contributed by atoms with Gasteiger partial charge >= 0.3 is 5.69 Å². The molecule has 2 N–H and O–H groups in total. The highest BCUT2D eigenvalue weighted by Crippen LogP contribution is 2.07.